The van der Waals surface area contributed by atoms with E-state index in [-0.39, 0.29) is 6.61 Å². The maximum absolute atomic E-state index is 12.1. The van der Waals surface area contributed by atoms with Gasteiger partial charge in [0.1, 0.15) is 12.4 Å². The van der Waals surface area contributed by atoms with Gasteiger partial charge in [0.25, 0.3) is 5.91 Å². The highest BCUT2D eigenvalue weighted by Gasteiger charge is 2.16. The molecule has 2 N–H and O–H groups in total. The van der Waals surface area contributed by atoms with Crippen molar-refractivity contribution < 1.29 is 14.6 Å². The van der Waals surface area contributed by atoms with Crippen molar-refractivity contribution in [3.8, 4) is 18.1 Å². The smallest absolute Gasteiger partial charge is 0.273 e. The fourth-order valence-corrected chi connectivity index (χ4v) is 2.66. The summed E-state index contributed by atoms with van der Waals surface area (Å²) in [4.78, 5) is 12.1. The summed E-state index contributed by atoms with van der Waals surface area (Å²) in [6.07, 6.45) is 5.47. The van der Waals surface area contributed by atoms with Crippen molar-refractivity contribution in [2.24, 2.45) is 5.10 Å². The third kappa shape index (κ3) is 4.32. The van der Waals surface area contributed by atoms with Crippen LogP contribution in [-0.2, 0) is 4.79 Å². The Morgan fingerprint density at radius 3 is 2.67 bits per heavy atom. The van der Waals surface area contributed by atoms with Gasteiger partial charge in [-0.3, -0.25) is 4.79 Å². The minimum atomic E-state index is -1.30. The van der Waals surface area contributed by atoms with Crippen molar-refractivity contribution >= 4 is 22.9 Å². The van der Waals surface area contributed by atoms with E-state index in [4.69, 9.17) is 11.2 Å². The molecule has 0 aliphatic carbocycles. The normalized spacial score (nSPS) is 11.9. The standard InChI is InChI=1S/C22H18N2O3/c1-2-14-27-20-13-12-16-8-6-7-11-18(16)19(20)15-23-24-22(26)21(25)17-9-4-3-5-10-17/h1,3-13,15,21,25H,14H2,(H,24,26)/b23-15-/t21-/m1/s1. The van der Waals surface area contributed by atoms with E-state index in [2.05, 4.69) is 16.4 Å². The molecule has 0 spiro atoms. The van der Waals surface area contributed by atoms with Gasteiger partial charge >= 0.3 is 0 Å². The second-order valence-electron chi connectivity index (χ2n) is 5.74. The van der Waals surface area contributed by atoms with Crippen LogP contribution in [0, 0.1) is 12.3 Å². The Balaban J connectivity index is 1.82. The molecule has 0 aliphatic rings. The number of nitrogens with zero attached hydrogens (tertiary/aromatic N) is 1. The summed E-state index contributed by atoms with van der Waals surface area (Å²) in [5, 5.41) is 16.0. The van der Waals surface area contributed by atoms with Gasteiger partial charge in [-0.15, -0.1) is 6.42 Å². The van der Waals surface area contributed by atoms with Crippen molar-refractivity contribution in [3.63, 3.8) is 0 Å². The van der Waals surface area contributed by atoms with Gasteiger partial charge in [0, 0.05) is 5.56 Å². The molecule has 5 heteroatoms. The average Bonchev–Trinajstić information content (AvgIpc) is 2.72. The fraction of sp³-hybridized carbons (Fsp3) is 0.0909. The number of amides is 1. The van der Waals surface area contributed by atoms with E-state index in [0.717, 1.165) is 10.8 Å². The van der Waals surface area contributed by atoms with E-state index in [9.17, 15) is 9.90 Å². The number of hydrogen-bond donors (Lipinski definition) is 2. The van der Waals surface area contributed by atoms with E-state index in [1.165, 1.54) is 6.21 Å². The lowest BCUT2D eigenvalue weighted by atomic mass is 10.0. The number of carbonyl (C=O) groups excluding carboxylic acids is 1. The number of hydrazone groups is 1. The summed E-state index contributed by atoms with van der Waals surface area (Å²) in [6.45, 7) is 0.123. The monoisotopic (exact) mass is 358 g/mol. The molecule has 1 atom stereocenters. The summed E-state index contributed by atoms with van der Waals surface area (Å²) < 4.78 is 5.58. The number of aliphatic hydroxyl groups is 1. The van der Waals surface area contributed by atoms with Crippen molar-refractivity contribution in [1.29, 1.82) is 0 Å². The van der Waals surface area contributed by atoms with Crippen LogP contribution in [0.3, 0.4) is 0 Å². The minimum Gasteiger partial charge on any atom is -0.480 e. The topological polar surface area (TPSA) is 70.9 Å². The van der Waals surface area contributed by atoms with Gasteiger partial charge in [-0.2, -0.15) is 5.10 Å². The van der Waals surface area contributed by atoms with Crippen LogP contribution in [0.15, 0.2) is 71.8 Å². The number of fused-ring (bicyclic) bond motifs is 1. The SMILES string of the molecule is C#CCOc1ccc2ccccc2c1/C=N\NC(=O)[C@H](O)c1ccccc1. The molecule has 1 amide bonds. The third-order valence-corrected chi connectivity index (χ3v) is 3.97. The number of carbonyl (C=O) groups is 1. The third-order valence-electron chi connectivity index (χ3n) is 3.97. The summed E-state index contributed by atoms with van der Waals surface area (Å²) >= 11 is 0. The van der Waals surface area contributed by atoms with Gasteiger partial charge in [-0.1, -0.05) is 66.6 Å². The van der Waals surface area contributed by atoms with Crippen LogP contribution >= 0.6 is 0 Å². The zero-order valence-corrected chi connectivity index (χ0v) is 14.5. The Kier molecular flexibility index (Phi) is 5.83. The lowest BCUT2D eigenvalue weighted by Gasteiger charge is -2.11. The van der Waals surface area contributed by atoms with Crippen molar-refractivity contribution in [3.05, 3.63) is 77.9 Å². The Morgan fingerprint density at radius 1 is 1.15 bits per heavy atom. The van der Waals surface area contributed by atoms with Gasteiger partial charge in [0.2, 0.25) is 0 Å². The fourth-order valence-electron chi connectivity index (χ4n) is 2.66. The maximum Gasteiger partial charge on any atom is 0.273 e. The average molecular weight is 358 g/mol. The molecule has 0 unspecified atom stereocenters. The number of benzene rings is 3. The van der Waals surface area contributed by atoms with Gasteiger partial charge in [0.05, 0.1) is 6.21 Å². The first-order valence-corrected chi connectivity index (χ1v) is 8.34. The summed E-state index contributed by atoms with van der Waals surface area (Å²) in [6, 6.07) is 20.1. The molecule has 0 saturated carbocycles. The van der Waals surface area contributed by atoms with Crippen molar-refractivity contribution in [2.75, 3.05) is 6.61 Å². The van der Waals surface area contributed by atoms with Gasteiger partial charge in [-0.25, -0.2) is 5.43 Å². The molecule has 0 aromatic heterocycles. The van der Waals surface area contributed by atoms with Gasteiger partial charge in [0.15, 0.2) is 6.10 Å². The first-order chi connectivity index (χ1) is 13.2. The van der Waals surface area contributed by atoms with E-state index in [1.54, 1.807) is 24.3 Å². The summed E-state index contributed by atoms with van der Waals surface area (Å²) in [5.41, 5.74) is 3.55. The highest BCUT2D eigenvalue weighted by atomic mass is 16.5. The molecule has 0 heterocycles. The molecular formula is C22H18N2O3. The predicted molar refractivity (Wildman–Crippen MR) is 105 cm³/mol. The number of aliphatic hydroxyl groups excluding tert-OH is 1. The number of terminal acetylenes is 1. The zero-order chi connectivity index (χ0) is 19.1. The minimum absolute atomic E-state index is 0.123. The summed E-state index contributed by atoms with van der Waals surface area (Å²) in [7, 11) is 0. The number of ether oxygens (including phenoxy) is 1. The second kappa shape index (κ2) is 8.65. The summed E-state index contributed by atoms with van der Waals surface area (Å²) in [5.74, 6) is 2.37. The maximum atomic E-state index is 12.1. The van der Waals surface area contributed by atoms with E-state index in [1.807, 2.05) is 42.5 Å². The lowest BCUT2D eigenvalue weighted by molar-refractivity contribution is -0.129. The van der Waals surface area contributed by atoms with Crippen LogP contribution in [0.1, 0.15) is 17.2 Å². The lowest BCUT2D eigenvalue weighted by Crippen LogP contribution is -2.25. The van der Waals surface area contributed by atoms with Crippen LogP contribution in [-0.4, -0.2) is 23.8 Å². The van der Waals surface area contributed by atoms with Gasteiger partial charge in [-0.05, 0) is 22.4 Å². The molecule has 0 bridgehead atoms. The quantitative estimate of drug-likeness (QED) is 0.404. The molecule has 3 aromatic carbocycles. The van der Waals surface area contributed by atoms with Crippen molar-refractivity contribution in [2.45, 2.75) is 6.10 Å². The highest BCUT2D eigenvalue weighted by Crippen LogP contribution is 2.26. The Labute approximate surface area is 157 Å². The molecule has 3 aromatic rings. The Morgan fingerprint density at radius 2 is 1.89 bits per heavy atom. The van der Waals surface area contributed by atoms with Gasteiger partial charge < -0.3 is 9.84 Å². The van der Waals surface area contributed by atoms with Crippen LogP contribution in [0.2, 0.25) is 0 Å². The van der Waals surface area contributed by atoms with E-state index in [0.29, 0.717) is 16.9 Å². The second-order valence-corrected chi connectivity index (χ2v) is 5.74. The largest absolute Gasteiger partial charge is 0.480 e. The van der Waals surface area contributed by atoms with E-state index >= 15 is 0 Å². The molecule has 0 aliphatic heterocycles. The molecule has 0 fully saturated rings. The molecule has 0 saturated heterocycles. The number of nitrogens with one attached hydrogen (secondary N) is 1. The molecular weight excluding hydrogens is 340 g/mol. The Hall–Kier alpha value is -3.62. The highest BCUT2D eigenvalue weighted by molar-refractivity contribution is 6.02. The van der Waals surface area contributed by atoms with E-state index < -0.39 is 12.0 Å². The molecule has 5 nitrogen and oxygen atoms in total. The van der Waals surface area contributed by atoms with Crippen LogP contribution in [0.4, 0.5) is 0 Å². The molecule has 0 radical (unpaired) electrons. The first-order valence-electron chi connectivity index (χ1n) is 8.34. The predicted octanol–water partition coefficient (Wildman–Crippen LogP) is 3.04. The number of rotatable bonds is 6. The first kappa shape index (κ1) is 18.2. The Bertz CT molecular complexity index is 1010. The van der Waals surface area contributed by atoms with Crippen molar-refractivity contribution in [1.82, 2.24) is 5.43 Å². The van der Waals surface area contributed by atoms with Crippen LogP contribution in [0.25, 0.3) is 10.8 Å². The van der Waals surface area contributed by atoms with Crippen LogP contribution in [0.5, 0.6) is 5.75 Å². The zero-order valence-electron chi connectivity index (χ0n) is 14.5. The molecule has 3 rings (SSSR count). The molecule has 27 heavy (non-hydrogen) atoms. The number of hydrogen-bond acceptors (Lipinski definition) is 4. The van der Waals surface area contributed by atoms with Crippen LogP contribution < -0.4 is 10.2 Å². The molecule has 134 valence electrons.